The van der Waals surface area contributed by atoms with E-state index in [4.69, 9.17) is 5.11 Å². The Morgan fingerprint density at radius 3 is 2.09 bits per heavy atom. The molecule has 0 saturated heterocycles. The fourth-order valence-electron chi connectivity index (χ4n) is 1.80. The highest BCUT2D eigenvalue weighted by atomic mass is 16.3. The van der Waals surface area contributed by atoms with Gasteiger partial charge in [-0.15, -0.1) is 0 Å². The van der Waals surface area contributed by atoms with Gasteiger partial charge in [0.05, 0.1) is 12.2 Å². The summed E-state index contributed by atoms with van der Waals surface area (Å²) in [4.78, 5) is 0. The van der Waals surface area contributed by atoms with E-state index in [-0.39, 0.29) is 12.0 Å². The zero-order chi connectivity index (χ0) is 8.54. The lowest BCUT2D eigenvalue weighted by atomic mass is 9.65. The third-order valence-corrected chi connectivity index (χ3v) is 3.29. The van der Waals surface area contributed by atoms with E-state index in [2.05, 4.69) is 0 Å². The molecular weight excluding hydrogens is 140 g/mol. The Morgan fingerprint density at radius 2 is 1.73 bits per heavy atom. The van der Waals surface area contributed by atoms with Crippen LogP contribution in [0.2, 0.25) is 0 Å². The molecular formula is C9H18O2. The Morgan fingerprint density at radius 1 is 1.18 bits per heavy atom. The summed E-state index contributed by atoms with van der Waals surface area (Å²) in [5.41, 5.74) is -0.939. The molecule has 0 heterocycles. The minimum atomic E-state index is -0.667. The van der Waals surface area contributed by atoms with Gasteiger partial charge >= 0.3 is 0 Å². The molecule has 2 nitrogen and oxygen atoms in total. The smallest absolute Gasteiger partial charge is 0.0695 e. The molecule has 0 aliphatic heterocycles. The van der Waals surface area contributed by atoms with Gasteiger partial charge in [-0.25, -0.2) is 0 Å². The van der Waals surface area contributed by atoms with Crippen LogP contribution in [0, 0.1) is 5.41 Å². The lowest BCUT2D eigenvalue weighted by Crippen LogP contribution is -2.48. The first-order valence-corrected chi connectivity index (χ1v) is 4.35. The molecule has 0 bridgehead atoms. The molecule has 0 spiro atoms. The fourth-order valence-corrected chi connectivity index (χ4v) is 1.80. The van der Waals surface area contributed by atoms with Gasteiger partial charge in [0.1, 0.15) is 0 Å². The lowest BCUT2D eigenvalue weighted by molar-refractivity contribution is -0.114. The van der Waals surface area contributed by atoms with Gasteiger partial charge in [0.25, 0.3) is 0 Å². The minimum absolute atomic E-state index is 0.0972. The Bertz CT molecular complexity index is 142. The van der Waals surface area contributed by atoms with Gasteiger partial charge in [-0.2, -0.15) is 0 Å². The molecule has 1 saturated carbocycles. The average Bonchev–Trinajstić information content (AvgIpc) is 1.95. The second-order valence-corrected chi connectivity index (χ2v) is 4.20. The Balaban J connectivity index is 2.74. The summed E-state index contributed by atoms with van der Waals surface area (Å²) < 4.78 is 0. The van der Waals surface area contributed by atoms with Crippen LogP contribution in [0.5, 0.6) is 0 Å². The van der Waals surface area contributed by atoms with Crippen LogP contribution in [0.25, 0.3) is 0 Å². The molecule has 2 atom stereocenters. The van der Waals surface area contributed by atoms with E-state index < -0.39 is 5.60 Å². The Kier molecular flexibility index (Phi) is 2.26. The van der Waals surface area contributed by atoms with Gasteiger partial charge < -0.3 is 10.2 Å². The van der Waals surface area contributed by atoms with Crippen molar-refractivity contribution in [3.63, 3.8) is 0 Å². The van der Waals surface area contributed by atoms with Crippen LogP contribution < -0.4 is 0 Å². The maximum absolute atomic E-state index is 9.93. The standard InChI is InChI=1S/C9H18O2/c1-8(7-10)5-3-4-6-9(8,2)11/h10-11H,3-7H2,1-2H3/t8-,9-/m0/s1. The van der Waals surface area contributed by atoms with Crippen molar-refractivity contribution < 1.29 is 10.2 Å². The summed E-state index contributed by atoms with van der Waals surface area (Å²) in [6.45, 7) is 3.90. The molecule has 2 N–H and O–H groups in total. The van der Waals surface area contributed by atoms with Crippen LogP contribution in [0.3, 0.4) is 0 Å². The van der Waals surface area contributed by atoms with Crippen LogP contribution in [0.1, 0.15) is 39.5 Å². The van der Waals surface area contributed by atoms with Crippen LogP contribution in [-0.2, 0) is 0 Å². The maximum atomic E-state index is 9.93. The van der Waals surface area contributed by atoms with E-state index in [1.54, 1.807) is 0 Å². The summed E-state index contributed by atoms with van der Waals surface area (Å²) in [6, 6.07) is 0. The van der Waals surface area contributed by atoms with E-state index in [9.17, 15) is 5.11 Å². The Labute approximate surface area is 68.2 Å². The first kappa shape index (κ1) is 9.01. The zero-order valence-electron chi connectivity index (χ0n) is 7.43. The first-order chi connectivity index (χ1) is 5.02. The van der Waals surface area contributed by atoms with E-state index in [1.807, 2.05) is 13.8 Å². The molecule has 2 heteroatoms. The topological polar surface area (TPSA) is 40.5 Å². The molecule has 0 aromatic rings. The monoisotopic (exact) mass is 158 g/mol. The van der Waals surface area contributed by atoms with Crippen LogP contribution in [-0.4, -0.2) is 22.4 Å². The number of aliphatic hydroxyl groups excluding tert-OH is 1. The van der Waals surface area contributed by atoms with Gasteiger partial charge in [-0.1, -0.05) is 19.8 Å². The average molecular weight is 158 g/mol. The predicted octanol–water partition coefficient (Wildman–Crippen LogP) is 1.31. The number of rotatable bonds is 1. The second kappa shape index (κ2) is 2.76. The van der Waals surface area contributed by atoms with E-state index in [0.717, 1.165) is 25.7 Å². The summed E-state index contributed by atoms with van der Waals surface area (Å²) >= 11 is 0. The fraction of sp³-hybridized carbons (Fsp3) is 1.00. The van der Waals surface area contributed by atoms with Crippen molar-refractivity contribution in [1.29, 1.82) is 0 Å². The summed E-state index contributed by atoms with van der Waals surface area (Å²) in [5, 5.41) is 19.1. The van der Waals surface area contributed by atoms with Crippen molar-refractivity contribution in [2.75, 3.05) is 6.61 Å². The molecule has 0 aromatic heterocycles. The highest BCUT2D eigenvalue weighted by Gasteiger charge is 2.44. The number of aliphatic hydroxyl groups is 2. The molecule has 66 valence electrons. The molecule has 0 radical (unpaired) electrons. The van der Waals surface area contributed by atoms with E-state index in [0.29, 0.717) is 0 Å². The van der Waals surface area contributed by atoms with Gasteiger partial charge in [0.15, 0.2) is 0 Å². The SMILES string of the molecule is C[C@@]1(CO)CCCC[C@]1(C)O. The summed E-state index contributed by atoms with van der Waals surface area (Å²) in [7, 11) is 0. The Hall–Kier alpha value is -0.0800. The third-order valence-electron chi connectivity index (χ3n) is 3.29. The molecule has 0 amide bonds. The van der Waals surface area contributed by atoms with Gasteiger partial charge in [0.2, 0.25) is 0 Å². The van der Waals surface area contributed by atoms with Gasteiger partial charge in [0, 0.05) is 5.41 Å². The number of hydrogen-bond acceptors (Lipinski definition) is 2. The van der Waals surface area contributed by atoms with E-state index in [1.165, 1.54) is 0 Å². The van der Waals surface area contributed by atoms with Crippen LogP contribution in [0.4, 0.5) is 0 Å². The predicted molar refractivity (Wildman–Crippen MR) is 44.3 cm³/mol. The van der Waals surface area contributed by atoms with Crippen molar-refractivity contribution in [3.05, 3.63) is 0 Å². The quantitative estimate of drug-likeness (QED) is 0.604. The van der Waals surface area contributed by atoms with Crippen molar-refractivity contribution >= 4 is 0 Å². The van der Waals surface area contributed by atoms with Crippen molar-refractivity contribution in [2.24, 2.45) is 5.41 Å². The van der Waals surface area contributed by atoms with Crippen molar-refractivity contribution in [2.45, 2.75) is 45.1 Å². The van der Waals surface area contributed by atoms with E-state index >= 15 is 0 Å². The highest BCUT2D eigenvalue weighted by molar-refractivity contribution is 4.95. The molecule has 0 aromatic carbocycles. The second-order valence-electron chi connectivity index (χ2n) is 4.20. The minimum Gasteiger partial charge on any atom is -0.396 e. The molecule has 0 unspecified atom stereocenters. The molecule has 1 rings (SSSR count). The molecule has 1 aliphatic rings. The first-order valence-electron chi connectivity index (χ1n) is 4.35. The molecule has 1 fully saturated rings. The largest absolute Gasteiger partial charge is 0.396 e. The van der Waals surface area contributed by atoms with Crippen LogP contribution >= 0.6 is 0 Å². The van der Waals surface area contributed by atoms with Gasteiger partial charge in [-0.3, -0.25) is 0 Å². The summed E-state index contributed by atoms with van der Waals surface area (Å²) in [5.74, 6) is 0. The van der Waals surface area contributed by atoms with Crippen molar-refractivity contribution in [3.8, 4) is 0 Å². The van der Waals surface area contributed by atoms with Crippen LogP contribution in [0.15, 0.2) is 0 Å². The summed E-state index contributed by atoms with van der Waals surface area (Å²) in [6.07, 6.45) is 3.98. The lowest BCUT2D eigenvalue weighted by Gasteiger charge is -2.45. The molecule has 11 heavy (non-hydrogen) atoms. The third kappa shape index (κ3) is 1.42. The molecule has 1 aliphatic carbocycles. The van der Waals surface area contributed by atoms with Crippen molar-refractivity contribution in [1.82, 2.24) is 0 Å². The zero-order valence-corrected chi connectivity index (χ0v) is 7.43. The number of hydrogen-bond donors (Lipinski definition) is 2. The normalized spacial score (nSPS) is 45.8. The highest BCUT2D eigenvalue weighted by Crippen LogP contribution is 2.43. The van der Waals surface area contributed by atoms with Gasteiger partial charge in [-0.05, 0) is 19.8 Å². The maximum Gasteiger partial charge on any atom is 0.0695 e.